The van der Waals surface area contributed by atoms with Gasteiger partial charge in [0.2, 0.25) is 6.79 Å². The van der Waals surface area contributed by atoms with Gasteiger partial charge < -0.3 is 43.7 Å². The van der Waals surface area contributed by atoms with Gasteiger partial charge >= 0.3 is 11.9 Å². The van der Waals surface area contributed by atoms with E-state index in [1.54, 1.807) is 19.1 Å². The van der Waals surface area contributed by atoms with Crippen molar-refractivity contribution < 1.29 is 57.5 Å². The summed E-state index contributed by atoms with van der Waals surface area (Å²) in [6.45, 7) is 8.72. The van der Waals surface area contributed by atoms with E-state index in [1.165, 1.54) is 21.1 Å². The van der Waals surface area contributed by atoms with Crippen LogP contribution in [0.15, 0.2) is 18.2 Å². The Hall–Kier alpha value is -4.61. The number of fused-ring (bicyclic) bond motifs is 8. The molecule has 0 aliphatic carbocycles. The van der Waals surface area contributed by atoms with Gasteiger partial charge in [-0.25, -0.2) is 4.79 Å². The molecule has 302 valence electrons. The highest BCUT2D eigenvalue weighted by molar-refractivity contribution is 7.85. The average Bonchev–Trinajstić information content (AvgIpc) is 3.72. The van der Waals surface area contributed by atoms with Gasteiger partial charge in [-0.3, -0.25) is 24.1 Å². The summed E-state index contributed by atoms with van der Waals surface area (Å²) in [7, 11) is 0.852. The quantitative estimate of drug-likeness (QED) is 0.224. The van der Waals surface area contributed by atoms with Crippen LogP contribution in [0.5, 0.6) is 40.2 Å². The van der Waals surface area contributed by atoms with E-state index in [-0.39, 0.29) is 42.2 Å². The number of phenols is 2. The van der Waals surface area contributed by atoms with Crippen molar-refractivity contribution in [2.45, 2.75) is 93.7 Å². The second-order valence-electron chi connectivity index (χ2n) is 16.7. The number of rotatable bonds is 3. The highest BCUT2D eigenvalue weighted by Crippen LogP contribution is 2.70. The number of ether oxygens (including phenoxy) is 6. The fraction of sp³-hybridized carbons (Fsp3) is 0.512. The molecule has 4 N–H and O–H groups in total. The van der Waals surface area contributed by atoms with Gasteiger partial charge in [0.25, 0.3) is 0 Å². The topological polar surface area (TPSA) is 186 Å². The third-order valence-electron chi connectivity index (χ3n) is 13.8. The number of benzene rings is 3. The first-order chi connectivity index (χ1) is 27.1. The number of carbonyl (C=O) groups excluding carboxylic acids is 2. The lowest BCUT2D eigenvalue weighted by Crippen LogP contribution is -2.78. The molecular formula is C41H45N3O12S. The average molecular weight is 804 g/mol. The molecule has 3 aromatic carbocycles. The lowest BCUT2D eigenvalue weighted by Gasteiger charge is -2.68. The molecule has 8 aliphatic heterocycles. The number of esters is 2. The standard InChI is InChI=1S/C41H45N3O12S/c1-17-10-22-26(31(47)32(17)52-7)29-30-36-27-28(35-34(54-16-55-35)18(2)33(27)56-19(3)45)40(5,44(30)37(48)23-13-39(22,4)43(23)29)14-53-38(49)41(15-57(36)50)21-12-25(51-6)24(46)11-20(21)8-9-42-41/h10-12,23,29-30,36-37,42,46-48H,8-9,13-16H2,1-7H3/t23?,29?,30?,36-,37+,39?,40-,41-,57?/m1/s1. The summed E-state index contributed by atoms with van der Waals surface area (Å²) in [6, 6.07) is 3.23. The van der Waals surface area contributed by atoms with Crippen LogP contribution in [0.4, 0.5) is 0 Å². The fourth-order valence-corrected chi connectivity index (χ4v) is 13.6. The summed E-state index contributed by atoms with van der Waals surface area (Å²) < 4.78 is 52.2. The lowest BCUT2D eigenvalue weighted by atomic mass is 9.69. The molecule has 0 radical (unpaired) electrons. The summed E-state index contributed by atoms with van der Waals surface area (Å²) >= 11 is 0. The number of aromatic hydroxyl groups is 2. The zero-order valence-corrected chi connectivity index (χ0v) is 33.5. The van der Waals surface area contributed by atoms with E-state index in [2.05, 4.69) is 17.1 Å². The molecule has 0 saturated carbocycles. The highest BCUT2D eigenvalue weighted by atomic mass is 32.2. The molecule has 16 heteroatoms. The molecular weight excluding hydrogens is 759 g/mol. The molecule has 2 bridgehead atoms. The Morgan fingerprint density at radius 2 is 1.74 bits per heavy atom. The first-order valence-electron chi connectivity index (χ1n) is 19.1. The Morgan fingerprint density at radius 3 is 2.46 bits per heavy atom. The largest absolute Gasteiger partial charge is 0.504 e. The third-order valence-corrected chi connectivity index (χ3v) is 15.6. The highest BCUT2D eigenvalue weighted by Gasteiger charge is 2.73. The number of carbonyl (C=O) groups is 2. The summed E-state index contributed by atoms with van der Waals surface area (Å²) in [6.07, 6.45) is -0.152. The second kappa shape index (κ2) is 12.0. The molecule has 0 amide bonds. The number of aliphatic hydroxyl groups excluding tert-OH is 1. The zero-order valence-electron chi connectivity index (χ0n) is 32.7. The lowest BCUT2D eigenvalue weighted by molar-refractivity contribution is -0.265. The van der Waals surface area contributed by atoms with Crippen molar-refractivity contribution in [3.05, 3.63) is 62.7 Å². The number of nitrogens with one attached hydrogen (secondary N) is 1. The van der Waals surface area contributed by atoms with Crippen LogP contribution in [0.3, 0.4) is 0 Å². The molecule has 0 aromatic heterocycles. The predicted octanol–water partition coefficient (Wildman–Crippen LogP) is 3.05. The van der Waals surface area contributed by atoms with Gasteiger partial charge in [-0.05, 0) is 81.0 Å². The molecule has 11 rings (SSSR count). The van der Waals surface area contributed by atoms with Gasteiger partial charge in [-0.2, -0.15) is 0 Å². The van der Waals surface area contributed by atoms with Gasteiger partial charge in [0.1, 0.15) is 18.6 Å². The Kier molecular flexibility index (Phi) is 7.71. The molecule has 5 unspecified atom stereocenters. The van der Waals surface area contributed by atoms with Gasteiger partial charge in [0.15, 0.2) is 40.0 Å². The maximum absolute atomic E-state index is 16.1. The Morgan fingerprint density at radius 1 is 0.982 bits per heavy atom. The van der Waals surface area contributed by atoms with Crippen LogP contribution in [-0.4, -0.2) is 99.5 Å². The normalized spacial score (nSPS) is 34.3. The fourth-order valence-electron chi connectivity index (χ4n) is 11.6. The van der Waals surface area contributed by atoms with Gasteiger partial charge in [0.05, 0.1) is 48.9 Å². The molecule has 3 saturated heterocycles. The SMILES string of the molecule is COc1cc2c(cc1O)CCN[C@]21CS(=O)[C@@H]2c3c(OC(C)=O)c(C)c4c(c3[C@@](C)(COC1=O)N1C2C2c3c(cc(C)c(OC)c3O)C3(C)CC([C@@H]1O)N23)OCO4. The zero-order chi connectivity index (χ0) is 40.2. The Bertz CT molecular complexity index is 2370. The van der Waals surface area contributed by atoms with Crippen molar-refractivity contribution >= 4 is 22.7 Å². The van der Waals surface area contributed by atoms with E-state index >= 15 is 4.21 Å². The first kappa shape index (κ1) is 36.7. The number of piperazine rings is 1. The maximum atomic E-state index is 16.1. The summed E-state index contributed by atoms with van der Waals surface area (Å²) in [5.41, 5.74) is 1.03. The van der Waals surface area contributed by atoms with Crippen molar-refractivity contribution in [2.24, 2.45) is 0 Å². The van der Waals surface area contributed by atoms with Crippen LogP contribution in [-0.2, 0) is 48.2 Å². The van der Waals surface area contributed by atoms with Crippen LogP contribution in [0.2, 0.25) is 0 Å². The minimum Gasteiger partial charge on any atom is -0.504 e. The minimum atomic E-state index is -2.07. The van der Waals surface area contributed by atoms with E-state index in [1.807, 2.05) is 24.8 Å². The van der Waals surface area contributed by atoms with Crippen molar-refractivity contribution in [3.8, 4) is 40.2 Å². The monoisotopic (exact) mass is 803 g/mol. The van der Waals surface area contributed by atoms with Gasteiger partial charge in [-0.15, -0.1) is 0 Å². The van der Waals surface area contributed by atoms with Gasteiger partial charge in [-0.1, -0.05) is 0 Å². The van der Waals surface area contributed by atoms with Crippen molar-refractivity contribution in [3.63, 3.8) is 0 Å². The molecule has 1 spiro atoms. The third kappa shape index (κ3) is 4.42. The number of methoxy groups -OCH3 is 2. The summed E-state index contributed by atoms with van der Waals surface area (Å²) in [5, 5.41) is 38.0. The van der Waals surface area contributed by atoms with E-state index < -0.39 is 69.0 Å². The van der Waals surface area contributed by atoms with Crippen molar-refractivity contribution in [1.82, 2.24) is 15.1 Å². The smallest absolute Gasteiger partial charge is 0.332 e. The van der Waals surface area contributed by atoms with Crippen LogP contribution in [0.25, 0.3) is 0 Å². The van der Waals surface area contributed by atoms with E-state index in [0.717, 1.165) is 11.1 Å². The van der Waals surface area contributed by atoms with Crippen LogP contribution in [0.1, 0.15) is 83.0 Å². The summed E-state index contributed by atoms with van der Waals surface area (Å²) in [4.78, 5) is 32.1. The second-order valence-corrected chi connectivity index (χ2v) is 18.3. The number of nitrogens with zero attached hydrogens (tertiary/aromatic N) is 2. The van der Waals surface area contributed by atoms with Crippen molar-refractivity contribution in [1.29, 1.82) is 0 Å². The predicted molar refractivity (Wildman–Crippen MR) is 202 cm³/mol. The molecule has 9 atom stereocenters. The minimum absolute atomic E-state index is 0.0351. The Labute approximate surface area is 331 Å². The molecule has 8 aliphatic rings. The van der Waals surface area contributed by atoms with E-state index in [0.29, 0.717) is 70.0 Å². The molecule has 3 aromatic rings. The van der Waals surface area contributed by atoms with Crippen LogP contribution < -0.4 is 29.0 Å². The Balaban J connectivity index is 1.29. The number of hydrogen-bond donors (Lipinski definition) is 4. The molecule has 15 nitrogen and oxygen atoms in total. The summed E-state index contributed by atoms with van der Waals surface area (Å²) in [5.74, 6) is -0.467. The molecule has 8 heterocycles. The molecule has 57 heavy (non-hydrogen) atoms. The number of aryl methyl sites for hydroxylation is 1. The van der Waals surface area contributed by atoms with Crippen LogP contribution >= 0.6 is 0 Å². The van der Waals surface area contributed by atoms with Crippen LogP contribution in [0, 0.1) is 13.8 Å². The first-order valence-corrected chi connectivity index (χ1v) is 20.5. The van der Waals surface area contributed by atoms with E-state index in [4.69, 9.17) is 28.4 Å². The number of aliphatic hydroxyl groups is 1. The van der Waals surface area contributed by atoms with Crippen molar-refractivity contribution in [2.75, 3.05) is 39.9 Å². The van der Waals surface area contributed by atoms with E-state index in [9.17, 15) is 24.9 Å². The molecule has 3 fully saturated rings. The number of phenolic OH excluding ortho intramolecular Hbond substituents is 2. The maximum Gasteiger partial charge on any atom is 0.332 e. The number of hydrogen-bond acceptors (Lipinski definition) is 15. The van der Waals surface area contributed by atoms with Gasteiger partial charge in [0, 0.05) is 52.1 Å².